The van der Waals surface area contributed by atoms with Gasteiger partial charge in [-0.15, -0.1) is 0 Å². The SMILES string of the molecule is CC(C)c1ccc(CCNCC2CCCNC2)cc1. The first-order valence-electron chi connectivity index (χ1n) is 7.76. The molecule has 0 spiro atoms. The lowest BCUT2D eigenvalue weighted by molar-refractivity contribution is 0.361. The summed E-state index contributed by atoms with van der Waals surface area (Å²) in [5.41, 5.74) is 2.88. The Morgan fingerprint density at radius 2 is 2.05 bits per heavy atom. The smallest absolute Gasteiger partial charge is 0.000823 e. The van der Waals surface area contributed by atoms with Crippen LogP contribution in [0.3, 0.4) is 0 Å². The highest BCUT2D eigenvalue weighted by Gasteiger charge is 2.11. The Morgan fingerprint density at radius 3 is 2.68 bits per heavy atom. The van der Waals surface area contributed by atoms with Crippen molar-refractivity contribution in [3.63, 3.8) is 0 Å². The van der Waals surface area contributed by atoms with Crippen molar-refractivity contribution >= 4 is 0 Å². The molecule has 19 heavy (non-hydrogen) atoms. The topological polar surface area (TPSA) is 24.1 Å². The molecular formula is C17H28N2. The highest BCUT2D eigenvalue weighted by molar-refractivity contribution is 5.24. The van der Waals surface area contributed by atoms with Crippen LogP contribution in [0.5, 0.6) is 0 Å². The molecule has 1 unspecified atom stereocenters. The molecule has 0 amide bonds. The molecule has 0 bridgehead atoms. The van der Waals surface area contributed by atoms with Gasteiger partial charge in [0.25, 0.3) is 0 Å². The van der Waals surface area contributed by atoms with Gasteiger partial charge >= 0.3 is 0 Å². The molecule has 1 aromatic carbocycles. The van der Waals surface area contributed by atoms with Crippen LogP contribution in [0.15, 0.2) is 24.3 Å². The average Bonchev–Trinajstić information content (AvgIpc) is 2.45. The van der Waals surface area contributed by atoms with Crippen LogP contribution in [-0.2, 0) is 6.42 Å². The average molecular weight is 260 g/mol. The zero-order valence-electron chi connectivity index (χ0n) is 12.4. The van der Waals surface area contributed by atoms with E-state index in [9.17, 15) is 0 Å². The quantitative estimate of drug-likeness (QED) is 0.769. The Bertz CT molecular complexity index is 350. The molecule has 1 fully saturated rings. The van der Waals surface area contributed by atoms with E-state index in [-0.39, 0.29) is 0 Å². The van der Waals surface area contributed by atoms with Crippen LogP contribution in [-0.4, -0.2) is 26.2 Å². The van der Waals surface area contributed by atoms with Gasteiger partial charge in [0.2, 0.25) is 0 Å². The normalized spacial score (nSPS) is 19.8. The van der Waals surface area contributed by atoms with Crippen LogP contribution in [0, 0.1) is 5.92 Å². The van der Waals surface area contributed by atoms with Gasteiger partial charge in [0.1, 0.15) is 0 Å². The number of piperidine rings is 1. The third-order valence-corrected chi connectivity index (χ3v) is 4.07. The van der Waals surface area contributed by atoms with Crippen LogP contribution >= 0.6 is 0 Å². The first kappa shape index (κ1) is 14.5. The fourth-order valence-electron chi connectivity index (χ4n) is 2.71. The van der Waals surface area contributed by atoms with Gasteiger partial charge in [0, 0.05) is 0 Å². The van der Waals surface area contributed by atoms with Gasteiger partial charge in [-0.1, -0.05) is 38.1 Å². The largest absolute Gasteiger partial charge is 0.316 e. The van der Waals surface area contributed by atoms with Crippen molar-refractivity contribution in [1.82, 2.24) is 10.6 Å². The van der Waals surface area contributed by atoms with E-state index in [1.807, 2.05) is 0 Å². The van der Waals surface area contributed by atoms with Crippen LogP contribution in [0.1, 0.15) is 43.7 Å². The van der Waals surface area contributed by atoms with Gasteiger partial charge in [-0.25, -0.2) is 0 Å². The molecule has 2 heteroatoms. The first-order chi connectivity index (χ1) is 9.25. The molecule has 1 aliphatic heterocycles. The number of benzene rings is 1. The summed E-state index contributed by atoms with van der Waals surface area (Å²) < 4.78 is 0. The van der Waals surface area contributed by atoms with E-state index in [0.29, 0.717) is 5.92 Å². The van der Waals surface area contributed by atoms with Crippen LogP contribution < -0.4 is 10.6 Å². The zero-order valence-corrected chi connectivity index (χ0v) is 12.4. The van der Waals surface area contributed by atoms with E-state index in [4.69, 9.17) is 0 Å². The molecule has 106 valence electrons. The highest BCUT2D eigenvalue weighted by atomic mass is 14.9. The maximum atomic E-state index is 3.60. The molecule has 2 N–H and O–H groups in total. The van der Waals surface area contributed by atoms with Crippen molar-refractivity contribution in [3.8, 4) is 0 Å². The minimum Gasteiger partial charge on any atom is -0.316 e. The molecule has 1 heterocycles. The van der Waals surface area contributed by atoms with Crippen LogP contribution in [0.4, 0.5) is 0 Å². The van der Waals surface area contributed by atoms with Gasteiger partial charge in [0.15, 0.2) is 0 Å². The van der Waals surface area contributed by atoms with E-state index in [2.05, 4.69) is 48.7 Å². The third kappa shape index (κ3) is 4.96. The van der Waals surface area contributed by atoms with Crippen molar-refractivity contribution in [1.29, 1.82) is 0 Å². The fourth-order valence-corrected chi connectivity index (χ4v) is 2.71. The minimum absolute atomic E-state index is 0.631. The summed E-state index contributed by atoms with van der Waals surface area (Å²) in [4.78, 5) is 0. The Labute approximate surface area is 118 Å². The number of hydrogen-bond donors (Lipinski definition) is 2. The highest BCUT2D eigenvalue weighted by Crippen LogP contribution is 2.14. The fraction of sp³-hybridized carbons (Fsp3) is 0.647. The summed E-state index contributed by atoms with van der Waals surface area (Å²) in [5, 5.41) is 7.07. The number of hydrogen-bond acceptors (Lipinski definition) is 2. The lowest BCUT2D eigenvalue weighted by Gasteiger charge is -2.22. The standard InChI is InChI=1S/C17H28N2/c1-14(2)17-7-5-15(6-8-17)9-11-19-13-16-4-3-10-18-12-16/h5-8,14,16,18-19H,3-4,9-13H2,1-2H3. The summed E-state index contributed by atoms with van der Waals surface area (Å²) in [6.45, 7) is 9.15. The van der Waals surface area contributed by atoms with Gasteiger partial charge in [0.05, 0.1) is 0 Å². The first-order valence-corrected chi connectivity index (χ1v) is 7.76. The van der Waals surface area contributed by atoms with Crippen LogP contribution in [0.2, 0.25) is 0 Å². The summed E-state index contributed by atoms with van der Waals surface area (Å²) in [7, 11) is 0. The predicted molar refractivity (Wildman–Crippen MR) is 82.7 cm³/mol. The molecule has 0 saturated carbocycles. The van der Waals surface area contributed by atoms with E-state index in [0.717, 1.165) is 25.4 Å². The van der Waals surface area contributed by atoms with Gasteiger partial charge in [-0.3, -0.25) is 0 Å². The number of rotatable bonds is 6. The second-order valence-corrected chi connectivity index (χ2v) is 6.06. The monoisotopic (exact) mass is 260 g/mol. The minimum atomic E-state index is 0.631. The lowest BCUT2D eigenvalue weighted by atomic mass is 9.99. The van der Waals surface area contributed by atoms with Crippen molar-refractivity contribution in [2.24, 2.45) is 5.92 Å². The molecule has 0 radical (unpaired) electrons. The summed E-state index contributed by atoms with van der Waals surface area (Å²) in [6, 6.07) is 9.09. The van der Waals surface area contributed by atoms with E-state index < -0.39 is 0 Å². The Kier molecular flexibility index (Phi) is 5.87. The van der Waals surface area contributed by atoms with E-state index in [1.165, 1.54) is 37.1 Å². The summed E-state index contributed by atoms with van der Waals surface area (Å²) >= 11 is 0. The maximum absolute atomic E-state index is 3.60. The second-order valence-electron chi connectivity index (χ2n) is 6.06. The molecule has 1 atom stereocenters. The van der Waals surface area contributed by atoms with E-state index >= 15 is 0 Å². The zero-order chi connectivity index (χ0) is 13.5. The Balaban J connectivity index is 1.64. The molecular weight excluding hydrogens is 232 g/mol. The molecule has 2 rings (SSSR count). The van der Waals surface area contributed by atoms with Gasteiger partial charge < -0.3 is 10.6 Å². The summed E-state index contributed by atoms with van der Waals surface area (Å²) in [6.07, 6.45) is 3.85. The Hall–Kier alpha value is -0.860. The molecule has 1 aromatic rings. The van der Waals surface area contributed by atoms with Gasteiger partial charge in [-0.2, -0.15) is 0 Å². The molecule has 0 aromatic heterocycles. The predicted octanol–water partition coefficient (Wildman–Crippen LogP) is 2.94. The number of nitrogens with one attached hydrogen (secondary N) is 2. The van der Waals surface area contributed by atoms with Gasteiger partial charge in [-0.05, 0) is 68.4 Å². The molecule has 1 aliphatic rings. The molecule has 1 saturated heterocycles. The molecule has 0 aliphatic carbocycles. The van der Waals surface area contributed by atoms with Crippen molar-refractivity contribution in [2.45, 2.75) is 39.0 Å². The Morgan fingerprint density at radius 1 is 1.26 bits per heavy atom. The van der Waals surface area contributed by atoms with Crippen molar-refractivity contribution < 1.29 is 0 Å². The maximum Gasteiger partial charge on any atom is -0.000823 e. The van der Waals surface area contributed by atoms with Crippen molar-refractivity contribution in [3.05, 3.63) is 35.4 Å². The lowest BCUT2D eigenvalue weighted by Crippen LogP contribution is -2.36. The second kappa shape index (κ2) is 7.66. The van der Waals surface area contributed by atoms with E-state index in [1.54, 1.807) is 0 Å². The molecule has 2 nitrogen and oxygen atoms in total. The van der Waals surface area contributed by atoms with Crippen molar-refractivity contribution in [2.75, 3.05) is 26.2 Å². The van der Waals surface area contributed by atoms with Crippen LogP contribution in [0.25, 0.3) is 0 Å². The third-order valence-electron chi connectivity index (χ3n) is 4.07. The summed E-state index contributed by atoms with van der Waals surface area (Å²) in [5.74, 6) is 1.46.